The zero-order valence-corrected chi connectivity index (χ0v) is 12.0. The third kappa shape index (κ3) is 1.53. The molecule has 0 N–H and O–H groups in total. The second-order valence-corrected chi connectivity index (χ2v) is 6.85. The Bertz CT molecular complexity index is 494. The van der Waals surface area contributed by atoms with E-state index in [2.05, 4.69) is 24.3 Å². The number of ether oxygens (including phenoxy) is 2. The normalized spacial score (nSPS) is 48.5. The van der Waals surface area contributed by atoms with E-state index < -0.39 is 0 Å². The molecule has 0 aromatic heterocycles. The third-order valence-electron chi connectivity index (χ3n) is 5.79. The number of fused-ring (bicyclic) bond motifs is 2. The maximum Gasteiger partial charge on any atom is 0.303 e. The Kier molecular flexibility index (Phi) is 2.65. The first-order valence-corrected chi connectivity index (χ1v) is 7.83. The van der Waals surface area contributed by atoms with E-state index in [4.69, 9.17) is 9.47 Å². The molecule has 4 aliphatic rings. The first kappa shape index (κ1) is 12.6. The van der Waals surface area contributed by atoms with Crippen molar-refractivity contribution in [1.29, 1.82) is 0 Å². The van der Waals surface area contributed by atoms with E-state index in [1.165, 1.54) is 6.92 Å². The lowest BCUT2D eigenvalue weighted by Crippen LogP contribution is -2.52. The molecular formula is C17H22O3. The van der Waals surface area contributed by atoms with Gasteiger partial charge in [0.05, 0.1) is 6.10 Å². The maximum atomic E-state index is 11.7. The van der Waals surface area contributed by atoms with Crippen molar-refractivity contribution in [2.45, 2.75) is 62.8 Å². The van der Waals surface area contributed by atoms with Crippen molar-refractivity contribution in [2.75, 3.05) is 0 Å². The molecule has 0 aromatic carbocycles. The van der Waals surface area contributed by atoms with Gasteiger partial charge in [-0.05, 0) is 43.9 Å². The summed E-state index contributed by atoms with van der Waals surface area (Å²) >= 11 is 0. The molecule has 20 heavy (non-hydrogen) atoms. The van der Waals surface area contributed by atoms with Crippen LogP contribution in [0.2, 0.25) is 0 Å². The average Bonchev–Trinajstić information content (AvgIpc) is 2.68. The van der Waals surface area contributed by atoms with Crippen molar-refractivity contribution in [1.82, 2.24) is 0 Å². The van der Waals surface area contributed by atoms with Gasteiger partial charge in [-0.2, -0.15) is 0 Å². The van der Waals surface area contributed by atoms with Crippen molar-refractivity contribution in [3.8, 4) is 0 Å². The molecule has 0 aromatic rings. The van der Waals surface area contributed by atoms with Crippen molar-refractivity contribution in [2.24, 2.45) is 11.8 Å². The van der Waals surface area contributed by atoms with E-state index in [0.29, 0.717) is 11.8 Å². The van der Waals surface area contributed by atoms with E-state index in [0.717, 1.165) is 38.5 Å². The van der Waals surface area contributed by atoms with Crippen LogP contribution in [0.3, 0.4) is 0 Å². The number of allylic oxidation sites excluding steroid dienone is 2. The molecule has 0 radical (unpaired) electrons. The van der Waals surface area contributed by atoms with Crippen molar-refractivity contribution in [3.05, 3.63) is 24.3 Å². The van der Waals surface area contributed by atoms with Crippen LogP contribution in [0.5, 0.6) is 0 Å². The van der Waals surface area contributed by atoms with Crippen LogP contribution >= 0.6 is 0 Å². The summed E-state index contributed by atoms with van der Waals surface area (Å²) in [5.74, 6) is 0.946. The zero-order chi connectivity index (χ0) is 13.8. The smallest absolute Gasteiger partial charge is 0.303 e. The number of carbonyl (C=O) groups excluding carboxylic acids is 1. The largest absolute Gasteiger partial charge is 0.456 e. The fourth-order valence-electron chi connectivity index (χ4n) is 5.23. The predicted octanol–water partition coefficient (Wildman–Crippen LogP) is 3.15. The lowest BCUT2D eigenvalue weighted by atomic mass is 9.73. The second kappa shape index (κ2) is 4.20. The molecule has 3 heteroatoms. The van der Waals surface area contributed by atoms with Crippen LogP contribution in [0.25, 0.3) is 0 Å². The summed E-state index contributed by atoms with van der Waals surface area (Å²) in [6.45, 7) is 1.54. The molecule has 0 amide bonds. The molecule has 5 atom stereocenters. The van der Waals surface area contributed by atoms with Crippen LogP contribution in [0.1, 0.15) is 45.4 Å². The van der Waals surface area contributed by atoms with Gasteiger partial charge in [-0.25, -0.2) is 0 Å². The van der Waals surface area contributed by atoms with Gasteiger partial charge in [-0.1, -0.05) is 24.3 Å². The third-order valence-corrected chi connectivity index (χ3v) is 5.79. The molecule has 108 valence electrons. The molecule has 2 aliphatic heterocycles. The van der Waals surface area contributed by atoms with E-state index in [1.54, 1.807) is 0 Å². The van der Waals surface area contributed by atoms with Crippen LogP contribution in [-0.2, 0) is 14.3 Å². The monoisotopic (exact) mass is 274 g/mol. The van der Waals surface area contributed by atoms with Gasteiger partial charge >= 0.3 is 5.97 Å². The van der Waals surface area contributed by atoms with Crippen LogP contribution in [0.4, 0.5) is 0 Å². The highest BCUT2D eigenvalue weighted by atomic mass is 16.6. The van der Waals surface area contributed by atoms with Gasteiger partial charge in [0.15, 0.2) is 0 Å². The highest BCUT2D eigenvalue weighted by molar-refractivity contribution is 5.67. The summed E-state index contributed by atoms with van der Waals surface area (Å²) in [7, 11) is 0. The van der Waals surface area contributed by atoms with Gasteiger partial charge in [0, 0.05) is 13.3 Å². The summed E-state index contributed by atoms with van der Waals surface area (Å²) in [6.07, 6.45) is 15.2. The molecule has 1 spiro atoms. The minimum Gasteiger partial charge on any atom is -0.456 e. The SMILES string of the molecule is CC(=O)O[C@@]12C[C@H]3CC=CC[C@@]1(O3)[C@@H]1CC=CC[C@@H]1C2. The molecule has 2 aliphatic carbocycles. The van der Waals surface area contributed by atoms with Gasteiger partial charge < -0.3 is 9.47 Å². The van der Waals surface area contributed by atoms with E-state index in [-0.39, 0.29) is 23.3 Å². The topological polar surface area (TPSA) is 35.5 Å². The minimum atomic E-state index is -0.379. The first-order valence-electron chi connectivity index (χ1n) is 7.83. The lowest BCUT2D eigenvalue weighted by molar-refractivity contribution is -0.180. The standard InChI is InChI=1S/C17H22O3/c1-12(18)19-16-10-13-6-2-3-8-15(13)17(16)9-5-4-7-14(11-16)20-17/h2-5,13-15H,6-11H2,1H3/t13-,14-,15-,16+,17-/m1/s1. The lowest BCUT2D eigenvalue weighted by Gasteiger charge is -2.41. The van der Waals surface area contributed by atoms with Crippen LogP contribution < -0.4 is 0 Å². The van der Waals surface area contributed by atoms with Crippen LogP contribution in [-0.4, -0.2) is 23.3 Å². The molecule has 2 fully saturated rings. The van der Waals surface area contributed by atoms with Crippen molar-refractivity contribution >= 4 is 5.97 Å². The van der Waals surface area contributed by atoms with Crippen LogP contribution in [0, 0.1) is 11.8 Å². The molecule has 0 unspecified atom stereocenters. The van der Waals surface area contributed by atoms with Crippen molar-refractivity contribution in [3.63, 3.8) is 0 Å². The zero-order valence-electron chi connectivity index (χ0n) is 12.0. The number of rotatable bonds is 1. The highest BCUT2D eigenvalue weighted by Gasteiger charge is 2.70. The van der Waals surface area contributed by atoms with Crippen molar-refractivity contribution < 1.29 is 14.3 Å². The number of carbonyl (C=O) groups is 1. The van der Waals surface area contributed by atoms with E-state index >= 15 is 0 Å². The molecule has 3 nitrogen and oxygen atoms in total. The molecule has 1 saturated heterocycles. The molecule has 4 rings (SSSR count). The number of esters is 1. The Hall–Kier alpha value is -1.09. The first-order chi connectivity index (χ1) is 9.65. The highest BCUT2D eigenvalue weighted by Crippen LogP contribution is 2.63. The van der Waals surface area contributed by atoms with Gasteiger partial charge in [0.1, 0.15) is 11.2 Å². The summed E-state index contributed by atoms with van der Waals surface area (Å²) in [4.78, 5) is 11.7. The van der Waals surface area contributed by atoms with Gasteiger partial charge in [-0.15, -0.1) is 0 Å². The van der Waals surface area contributed by atoms with Gasteiger partial charge in [0.2, 0.25) is 0 Å². The summed E-state index contributed by atoms with van der Waals surface area (Å²) in [5.41, 5.74) is -0.651. The second-order valence-electron chi connectivity index (χ2n) is 6.85. The molecule has 2 heterocycles. The average molecular weight is 274 g/mol. The Morgan fingerprint density at radius 2 is 1.95 bits per heavy atom. The summed E-state index contributed by atoms with van der Waals surface area (Å²) in [5, 5.41) is 0. The Balaban J connectivity index is 1.80. The number of hydrogen-bond acceptors (Lipinski definition) is 3. The fourth-order valence-corrected chi connectivity index (χ4v) is 5.23. The maximum absolute atomic E-state index is 11.7. The van der Waals surface area contributed by atoms with E-state index in [1.807, 2.05) is 0 Å². The quantitative estimate of drug-likeness (QED) is 0.544. The summed E-state index contributed by atoms with van der Waals surface area (Å²) < 4.78 is 12.5. The van der Waals surface area contributed by atoms with Gasteiger partial charge in [0.25, 0.3) is 0 Å². The Labute approximate surface area is 120 Å². The predicted molar refractivity (Wildman–Crippen MR) is 75.1 cm³/mol. The minimum absolute atomic E-state index is 0.158. The fraction of sp³-hybridized carbons (Fsp3) is 0.706. The molecule has 1 saturated carbocycles. The Morgan fingerprint density at radius 3 is 2.80 bits per heavy atom. The number of hydrogen-bond donors (Lipinski definition) is 0. The molecule has 2 bridgehead atoms. The Morgan fingerprint density at radius 1 is 1.15 bits per heavy atom. The summed E-state index contributed by atoms with van der Waals surface area (Å²) in [6, 6.07) is 0. The van der Waals surface area contributed by atoms with E-state index in [9.17, 15) is 4.79 Å². The molecular weight excluding hydrogens is 252 g/mol. The van der Waals surface area contributed by atoms with Gasteiger partial charge in [-0.3, -0.25) is 4.79 Å². The van der Waals surface area contributed by atoms with Crippen LogP contribution in [0.15, 0.2) is 24.3 Å².